The molecule has 6 nitrogen and oxygen atoms in total. The fraction of sp³-hybridized carbons (Fsp3) is 0.650. The minimum atomic E-state index is -3.64. The number of hydrogen-bond acceptors (Lipinski definition) is 5. The van der Waals surface area contributed by atoms with E-state index in [0.717, 1.165) is 25.9 Å². The van der Waals surface area contributed by atoms with Crippen molar-refractivity contribution in [1.29, 1.82) is 0 Å². The van der Waals surface area contributed by atoms with E-state index in [1.165, 1.54) is 38.9 Å². The second kappa shape index (κ2) is 8.71. The number of likely N-dealkylation sites (tertiary alicyclic amines) is 1. The maximum Gasteiger partial charge on any atom is 0.337 e. The highest BCUT2D eigenvalue weighted by atomic mass is 32.2. The fourth-order valence-corrected chi connectivity index (χ4v) is 5.93. The SMILES string of the molecule is COC(=O)c1ccc(C)c(S(=O)(=O)N2CCCC(N3CCCCCC3)C2)c1. The van der Waals surface area contributed by atoms with Gasteiger partial charge in [-0.25, -0.2) is 13.2 Å². The molecule has 2 aliphatic rings. The zero-order valence-electron chi connectivity index (χ0n) is 16.3. The van der Waals surface area contributed by atoms with Gasteiger partial charge in [0.15, 0.2) is 0 Å². The third kappa shape index (κ3) is 4.52. The van der Waals surface area contributed by atoms with Crippen molar-refractivity contribution in [1.82, 2.24) is 9.21 Å². The number of methoxy groups -OCH3 is 1. The van der Waals surface area contributed by atoms with Crippen molar-refractivity contribution in [3.05, 3.63) is 29.3 Å². The topological polar surface area (TPSA) is 66.9 Å². The molecule has 1 unspecified atom stereocenters. The van der Waals surface area contributed by atoms with E-state index in [2.05, 4.69) is 4.90 Å². The number of carbonyl (C=O) groups is 1. The Hall–Kier alpha value is -1.44. The lowest BCUT2D eigenvalue weighted by atomic mass is 10.1. The standard InChI is InChI=1S/C20H30N2O4S/c1-16-9-10-17(20(23)26-2)14-19(16)27(24,25)22-13-7-8-18(15-22)21-11-5-3-4-6-12-21/h9-10,14,18H,3-8,11-13,15H2,1-2H3. The number of aryl methyl sites for hydroxylation is 1. The van der Waals surface area contributed by atoms with Gasteiger partial charge in [0, 0.05) is 19.1 Å². The Morgan fingerprint density at radius 1 is 1.07 bits per heavy atom. The predicted octanol–water partition coefficient (Wildman–Crippen LogP) is 2.81. The van der Waals surface area contributed by atoms with E-state index in [0.29, 0.717) is 18.7 Å². The third-order valence-electron chi connectivity index (χ3n) is 5.74. The number of rotatable bonds is 4. The van der Waals surface area contributed by atoms with Gasteiger partial charge in [0.25, 0.3) is 0 Å². The summed E-state index contributed by atoms with van der Waals surface area (Å²) in [7, 11) is -2.34. The van der Waals surface area contributed by atoms with E-state index in [4.69, 9.17) is 4.74 Å². The van der Waals surface area contributed by atoms with Gasteiger partial charge >= 0.3 is 5.97 Å². The highest BCUT2D eigenvalue weighted by molar-refractivity contribution is 7.89. The van der Waals surface area contributed by atoms with Crippen molar-refractivity contribution in [2.75, 3.05) is 33.3 Å². The van der Waals surface area contributed by atoms with Crippen molar-refractivity contribution < 1.29 is 17.9 Å². The van der Waals surface area contributed by atoms with Gasteiger partial charge in [0.2, 0.25) is 10.0 Å². The average Bonchev–Trinajstić information content (AvgIpc) is 2.97. The Bertz CT molecular complexity index is 770. The van der Waals surface area contributed by atoms with Crippen LogP contribution in [0.15, 0.2) is 23.1 Å². The molecule has 150 valence electrons. The number of carbonyl (C=O) groups excluding carboxylic acids is 1. The van der Waals surface area contributed by atoms with Crippen molar-refractivity contribution in [2.45, 2.75) is 56.4 Å². The summed E-state index contributed by atoms with van der Waals surface area (Å²) in [6.45, 7) is 4.97. The number of benzene rings is 1. The van der Waals surface area contributed by atoms with Crippen LogP contribution in [0.3, 0.4) is 0 Å². The summed E-state index contributed by atoms with van der Waals surface area (Å²) in [5, 5.41) is 0. The Kier molecular flexibility index (Phi) is 6.55. The highest BCUT2D eigenvalue weighted by Gasteiger charge is 2.34. The maximum absolute atomic E-state index is 13.3. The lowest BCUT2D eigenvalue weighted by molar-refractivity contribution is 0.0600. The summed E-state index contributed by atoms with van der Waals surface area (Å²) in [5.41, 5.74) is 0.919. The van der Waals surface area contributed by atoms with Gasteiger partial charge in [0.1, 0.15) is 0 Å². The van der Waals surface area contributed by atoms with Gasteiger partial charge in [-0.1, -0.05) is 18.9 Å². The molecule has 2 fully saturated rings. The van der Waals surface area contributed by atoms with Crippen molar-refractivity contribution in [3.63, 3.8) is 0 Å². The zero-order valence-corrected chi connectivity index (χ0v) is 17.1. The maximum atomic E-state index is 13.3. The lowest BCUT2D eigenvalue weighted by Gasteiger charge is -2.38. The number of ether oxygens (including phenoxy) is 1. The van der Waals surface area contributed by atoms with E-state index in [9.17, 15) is 13.2 Å². The summed E-state index contributed by atoms with van der Waals surface area (Å²) in [6, 6.07) is 5.02. The number of esters is 1. The molecule has 1 aromatic rings. The Balaban J connectivity index is 1.82. The molecule has 2 heterocycles. The van der Waals surface area contributed by atoms with Crippen LogP contribution in [0.2, 0.25) is 0 Å². The molecule has 0 spiro atoms. The average molecular weight is 395 g/mol. The normalized spacial score (nSPS) is 23.0. The molecule has 0 N–H and O–H groups in total. The molecule has 1 aromatic carbocycles. The first-order valence-corrected chi connectivity index (χ1v) is 11.3. The molecule has 2 aliphatic heterocycles. The first kappa shape index (κ1) is 20.3. The second-order valence-corrected chi connectivity index (χ2v) is 9.49. The van der Waals surface area contributed by atoms with Gasteiger partial charge in [-0.15, -0.1) is 0 Å². The fourth-order valence-electron chi connectivity index (χ4n) is 4.16. The van der Waals surface area contributed by atoms with Gasteiger partial charge in [-0.3, -0.25) is 4.90 Å². The van der Waals surface area contributed by atoms with Crippen LogP contribution in [0.4, 0.5) is 0 Å². The molecular formula is C20H30N2O4S. The van der Waals surface area contributed by atoms with Gasteiger partial charge in [-0.2, -0.15) is 4.31 Å². The molecule has 27 heavy (non-hydrogen) atoms. The van der Waals surface area contributed by atoms with Crippen LogP contribution in [-0.4, -0.2) is 62.9 Å². The molecule has 7 heteroatoms. The molecular weight excluding hydrogens is 364 g/mol. The predicted molar refractivity (Wildman–Crippen MR) is 104 cm³/mol. The molecule has 1 atom stereocenters. The number of hydrogen-bond donors (Lipinski definition) is 0. The number of piperidine rings is 1. The van der Waals surface area contributed by atoms with Crippen LogP contribution < -0.4 is 0 Å². The minimum Gasteiger partial charge on any atom is -0.465 e. The van der Waals surface area contributed by atoms with E-state index >= 15 is 0 Å². The molecule has 0 saturated carbocycles. The molecule has 0 radical (unpaired) electrons. The van der Waals surface area contributed by atoms with E-state index in [-0.39, 0.29) is 16.5 Å². The van der Waals surface area contributed by atoms with Crippen LogP contribution in [0.25, 0.3) is 0 Å². The van der Waals surface area contributed by atoms with Crippen LogP contribution in [-0.2, 0) is 14.8 Å². The first-order chi connectivity index (χ1) is 12.9. The van der Waals surface area contributed by atoms with Crippen LogP contribution in [0.5, 0.6) is 0 Å². The quantitative estimate of drug-likeness (QED) is 0.735. The van der Waals surface area contributed by atoms with Crippen LogP contribution in [0, 0.1) is 6.92 Å². The van der Waals surface area contributed by atoms with Crippen molar-refractivity contribution in [3.8, 4) is 0 Å². The van der Waals surface area contributed by atoms with Crippen LogP contribution in [0.1, 0.15) is 54.4 Å². The Morgan fingerprint density at radius 3 is 2.44 bits per heavy atom. The summed E-state index contributed by atoms with van der Waals surface area (Å²) < 4.78 is 33.0. The molecule has 0 amide bonds. The second-order valence-electron chi connectivity index (χ2n) is 7.58. The van der Waals surface area contributed by atoms with E-state index in [1.54, 1.807) is 23.4 Å². The summed E-state index contributed by atoms with van der Waals surface area (Å²) in [6.07, 6.45) is 6.85. The van der Waals surface area contributed by atoms with Crippen molar-refractivity contribution >= 4 is 16.0 Å². The summed E-state index contributed by atoms with van der Waals surface area (Å²) in [5.74, 6) is -0.521. The highest BCUT2D eigenvalue weighted by Crippen LogP contribution is 2.27. The van der Waals surface area contributed by atoms with Gasteiger partial charge in [0.05, 0.1) is 17.6 Å². The van der Waals surface area contributed by atoms with Gasteiger partial charge < -0.3 is 4.74 Å². The monoisotopic (exact) mass is 394 g/mol. The van der Waals surface area contributed by atoms with E-state index in [1.807, 2.05) is 0 Å². The third-order valence-corrected chi connectivity index (χ3v) is 7.75. The molecule has 3 rings (SSSR count). The van der Waals surface area contributed by atoms with E-state index < -0.39 is 16.0 Å². The smallest absolute Gasteiger partial charge is 0.337 e. The van der Waals surface area contributed by atoms with Crippen molar-refractivity contribution in [2.24, 2.45) is 0 Å². The zero-order chi connectivity index (χ0) is 19.4. The van der Waals surface area contributed by atoms with Gasteiger partial charge in [-0.05, 0) is 63.4 Å². The number of sulfonamides is 1. The first-order valence-electron chi connectivity index (χ1n) is 9.86. The molecule has 0 bridgehead atoms. The largest absolute Gasteiger partial charge is 0.465 e. The van der Waals surface area contributed by atoms with Crippen LogP contribution >= 0.6 is 0 Å². The summed E-state index contributed by atoms with van der Waals surface area (Å²) in [4.78, 5) is 14.5. The minimum absolute atomic E-state index is 0.210. The lowest BCUT2D eigenvalue weighted by Crippen LogP contribution is -2.50. The summed E-state index contributed by atoms with van der Waals surface area (Å²) >= 11 is 0. The number of nitrogens with zero attached hydrogens (tertiary/aromatic N) is 2. The Morgan fingerprint density at radius 2 is 1.78 bits per heavy atom. The Labute approximate surface area is 162 Å². The molecule has 2 saturated heterocycles. The molecule has 0 aromatic heterocycles. The molecule has 0 aliphatic carbocycles.